The second kappa shape index (κ2) is 2.88. The van der Waals surface area contributed by atoms with E-state index in [4.69, 9.17) is 0 Å². The zero-order chi connectivity index (χ0) is 7.84. The Kier molecular flexibility index (Phi) is 2.04. The molecular formula is C5H4I2N4. The Balaban J connectivity index is 2.47. The Labute approximate surface area is 91.4 Å². The lowest BCUT2D eigenvalue weighted by molar-refractivity contribution is 1.17. The van der Waals surface area contributed by atoms with Gasteiger partial charge in [0.25, 0.3) is 0 Å². The molecule has 0 saturated carbocycles. The third-order valence-corrected chi connectivity index (χ3v) is 4.39. The predicted molar refractivity (Wildman–Crippen MR) is 60.0 cm³/mol. The van der Waals surface area contributed by atoms with Crippen LogP contribution in [0.1, 0.15) is 0 Å². The predicted octanol–water partition coefficient (Wildman–Crippen LogP) is 1.78. The van der Waals surface area contributed by atoms with Crippen molar-refractivity contribution >= 4 is 57.0 Å². The first kappa shape index (κ1) is 7.77. The number of anilines is 2. The largest absolute Gasteiger partial charge is 0.339 e. The van der Waals surface area contributed by atoms with E-state index < -0.39 is 0 Å². The topological polar surface area (TPSA) is 41.1 Å². The Hall–Kier alpha value is 0.140. The van der Waals surface area contributed by atoms with Crippen molar-refractivity contribution in [1.82, 2.24) is 9.97 Å². The van der Waals surface area contributed by atoms with E-state index in [0.717, 1.165) is 11.5 Å². The summed E-state index contributed by atoms with van der Waals surface area (Å²) in [6, 6.07) is 0. The highest BCUT2D eigenvalue weighted by molar-refractivity contribution is 14.1. The van der Waals surface area contributed by atoms with Crippen LogP contribution in [0.2, 0.25) is 0 Å². The van der Waals surface area contributed by atoms with Crippen LogP contribution in [0.15, 0.2) is 12.5 Å². The summed E-state index contributed by atoms with van der Waals surface area (Å²) in [7, 11) is 0. The second-order valence-corrected chi connectivity index (χ2v) is 4.27. The summed E-state index contributed by atoms with van der Waals surface area (Å²) >= 11 is 4.53. The summed E-state index contributed by atoms with van der Waals surface area (Å²) in [5.41, 5.74) is 1.05. The summed E-state index contributed by atoms with van der Waals surface area (Å²) in [5, 5.41) is 3.20. The number of nitrogens with one attached hydrogen (secondary N) is 1. The summed E-state index contributed by atoms with van der Waals surface area (Å²) in [6.45, 7) is 0. The molecule has 0 aliphatic carbocycles. The maximum atomic E-state index is 4.09. The fourth-order valence-electron chi connectivity index (χ4n) is 0.881. The molecule has 0 fully saturated rings. The Morgan fingerprint density at radius 2 is 2.45 bits per heavy atom. The molecule has 11 heavy (non-hydrogen) atoms. The van der Waals surface area contributed by atoms with E-state index in [1.54, 1.807) is 12.5 Å². The number of nitrogens with zero attached hydrogens (tertiary/aromatic N) is 3. The fourth-order valence-corrected chi connectivity index (χ4v) is 1.97. The van der Waals surface area contributed by atoms with E-state index in [9.17, 15) is 0 Å². The highest BCUT2D eigenvalue weighted by Crippen LogP contribution is 2.36. The summed E-state index contributed by atoms with van der Waals surface area (Å²) in [4.78, 5) is 8.03. The van der Waals surface area contributed by atoms with Gasteiger partial charge in [-0.05, 0) is 22.6 Å². The third-order valence-electron chi connectivity index (χ3n) is 1.38. The highest BCUT2D eigenvalue weighted by Gasteiger charge is 2.25. The van der Waals surface area contributed by atoms with Crippen molar-refractivity contribution in [2.75, 3.05) is 8.43 Å². The van der Waals surface area contributed by atoms with Gasteiger partial charge in [-0.2, -0.15) is 0 Å². The van der Waals surface area contributed by atoms with Crippen LogP contribution in [-0.4, -0.2) is 14.1 Å². The van der Waals surface area contributed by atoms with Gasteiger partial charge in [0, 0.05) is 0 Å². The zero-order valence-corrected chi connectivity index (χ0v) is 9.64. The molecular weight excluding hydrogens is 370 g/mol. The lowest BCUT2D eigenvalue weighted by atomic mass is 10.5. The Morgan fingerprint density at radius 1 is 1.64 bits per heavy atom. The lowest BCUT2D eigenvalue weighted by Gasteiger charge is -2.11. The van der Waals surface area contributed by atoms with Crippen LogP contribution in [0.3, 0.4) is 0 Å². The minimum atomic E-state index is 0.278. The van der Waals surface area contributed by atoms with Gasteiger partial charge in [-0.15, -0.1) is 0 Å². The van der Waals surface area contributed by atoms with E-state index in [-0.39, 0.29) is 4.17 Å². The second-order valence-electron chi connectivity index (χ2n) is 2.05. The Morgan fingerprint density at radius 3 is 3.18 bits per heavy atom. The number of fused-ring (bicyclic) bond motifs is 1. The molecule has 58 valence electrons. The first-order valence-corrected chi connectivity index (χ1v) is 5.16. The van der Waals surface area contributed by atoms with Crippen LogP contribution >= 0.6 is 45.5 Å². The molecule has 0 radical (unpaired) electrons. The molecule has 0 saturated heterocycles. The van der Waals surface area contributed by atoms with E-state index in [1.807, 2.05) is 0 Å². The molecule has 2 heterocycles. The van der Waals surface area contributed by atoms with E-state index in [2.05, 4.69) is 63.9 Å². The number of hydrogen-bond donors (Lipinski definition) is 1. The van der Waals surface area contributed by atoms with E-state index in [0.29, 0.717) is 0 Å². The van der Waals surface area contributed by atoms with Gasteiger partial charge in [0.2, 0.25) is 0 Å². The molecule has 1 aromatic rings. The molecule has 1 atom stereocenters. The van der Waals surface area contributed by atoms with Gasteiger partial charge in [-0.1, -0.05) is 0 Å². The van der Waals surface area contributed by atoms with Crippen molar-refractivity contribution in [2.45, 2.75) is 4.17 Å². The van der Waals surface area contributed by atoms with Crippen molar-refractivity contribution in [3.63, 3.8) is 0 Å². The van der Waals surface area contributed by atoms with Crippen molar-refractivity contribution in [1.29, 1.82) is 0 Å². The molecule has 0 bridgehead atoms. The molecule has 4 nitrogen and oxygen atoms in total. The third kappa shape index (κ3) is 1.25. The summed E-state index contributed by atoms with van der Waals surface area (Å²) in [6.07, 6.45) is 3.35. The maximum absolute atomic E-state index is 4.09. The van der Waals surface area contributed by atoms with Gasteiger partial charge >= 0.3 is 0 Å². The number of hydrogen-bond acceptors (Lipinski definition) is 4. The molecule has 0 spiro atoms. The molecule has 1 aliphatic heterocycles. The van der Waals surface area contributed by atoms with Crippen LogP contribution in [0.5, 0.6) is 0 Å². The molecule has 6 heteroatoms. The quantitative estimate of drug-likeness (QED) is 0.326. The van der Waals surface area contributed by atoms with Gasteiger partial charge in [0.15, 0.2) is 9.99 Å². The standard InChI is InChI=1S/C5H4I2N4/c6-5-10-4-3(11(5)7)1-8-2-9-4/h1-2,5H,(H,8,9,10). The molecule has 1 unspecified atom stereocenters. The van der Waals surface area contributed by atoms with Gasteiger partial charge in [-0.3, -0.25) is 3.11 Å². The highest BCUT2D eigenvalue weighted by atomic mass is 127. The average Bonchev–Trinajstić information content (AvgIpc) is 2.30. The minimum absolute atomic E-state index is 0.278. The Bertz CT molecular complexity index is 279. The number of rotatable bonds is 0. The van der Waals surface area contributed by atoms with Crippen molar-refractivity contribution in [3.8, 4) is 0 Å². The van der Waals surface area contributed by atoms with Gasteiger partial charge in [0.05, 0.1) is 29.1 Å². The summed E-state index contributed by atoms with van der Waals surface area (Å²) < 4.78 is 2.34. The van der Waals surface area contributed by atoms with E-state index >= 15 is 0 Å². The first-order valence-electron chi connectivity index (χ1n) is 2.94. The maximum Gasteiger partial charge on any atom is 0.162 e. The van der Waals surface area contributed by atoms with Crippen LogP contribution < -0.4 is 8.43 Å². The van der Waals surface area contributed by atoms with Crippen LogP contribution in [0.25, 0.3) is 0 Å². The first-order chi connectivity index (χ1) is 5.29. The lowest BCUT2D eigenvalue weighted by Crippen LogP contribution is -2.19. The monoisotopic (exact) mass is 374 g/mol. The van der Waals surface area contributed by atoms with Crippen molar-refractivity contribution in [2.24, 2.45) is 0 Å². The summed E-state index contributed by atoms with van der Waals surface area (Å²) in [5.74, 6) is 0.911. The molecule has 1 aliphatic rings. The van der Waals surface area contributed by atoms with Gasteiger partial charge < -0.3 is 5.32 Å². The average molecular weight is 374 g/mol. The number of halogens is 2. The molecule has 1 N–H and O–H groups in total. The van der Waals surface area contributed by atoms with Gasteiger partial charge in [-0.25, -0.2) is 9.97 Å². The van der Waals surface area contributed by atoms with Crippen LogP contribution in [0, 0.1) is 0 Å². The molecule has 0 amide bonds. The number of aromatic nitrogens is 2. The van der Waals surface area contributed by atoms with Crippen LogP contribution in [0.4, 0.5) is 11.5 Å². The molecule has 2 rings (SSSR count). The smallest absolute Gasteiger partial charge is 0.162 e. The SMILES string of the molecule is IC1Nc2ncncc2N1I. The van der Waals surface area contributed by atoms with E-state index in [1.165, 1.54) is 0 Å². The molecule has 1 aromatic heterocycles. The van der Waals surface area contributed by atoms with Gasteiger partial charge in [0.1, 0.15) is 12.0 Å². The van der Waals surface area contributed by atoms with Crippen molar-refractivity contribution < 1.29 is 0 Å². The molecule has 0 aromatic carbocycles. The van der Waals surface area contributed by atoms with Crippen molar-refractivity contribution in [3.05, 3.63) is 12.5 Å². The number of alkyl halides is 1. The zero-order valence-electron chi connectivity index (χ0n) is 5.33. The normalized spacial score (nSPS) is 21.3. The minimum Gasteiger partial charge on any atom is -0.339 e. The fraction of sp³-hybridized carbons (Fsp3) is 0.200. The van der Waals surface area contributed by atoms with Crippen LogP contribution in [-0.2, 0) is 0 Å².